The van der Waals surface area contributed by atoms with Crippen LogP contribution in [0.2, 0.25) is 4.34 Å². The van der Waals surface area contributed by atoms with E-state index in [2.05, 4.69) is 10.6 Å². The van der Waals surface area contributed by atoms with Crippen LogP contribution in [0.4, 0.5) is 14.9 Å². The van der Waals surface area contributed by atoms with Crippen molar-refractivity contribution in [2.45, 2.75) is 13.0 Å². The zero-order chi connectivity index (χ0) is 13.8. The molecular formula is C13H12ClFN2OS. The van der Waals surface area contributed by atoms with Crippen LogP contribution < -0.4 is 10.6 Å². The van der Waals surface area contributed by atoms with Crippen LogP contribution in [0, 0.1) is 5.82 Å². The second kappa shape index (κ2) is 6.04. The number of carbonyl (C=O) groups is 1. The normalized spacial score (nSPS) is 11.9. The van der Waals surface area contributed by atoms with E-state index >= 15 is 0 Å². The fraction of sp³-hybridized carbons (Fsp3) is 0.154. The fourth-order valence-electron chi connectivity index (χ4n) is 1.53. The molecule has 2 rings (SSSR count). The van der Waals surface area contributed by atoms with Crippen LogP contribution in [0.5, 0.6) is 0 Å². The van der Waals surface area contributed by atoms with Crippen molar-refractivity contribution >= 4 is 34.7 Å². The molecule has 0 radical (unpaired) electrons. The Labute approximate surface area is 119 Å². The second-order valence-corrected chi connectivity index (χ2v) is 5.72. The molecule has 2 N–H and O–H groups in total. The van der Waals surface area contributed by atoms with E-state index in [-0.39, 0.29) is 17.9 Å². The Balaban J connectivity index is 1.92. The first-order chi connectivity index (χ1) is 9.04. The third kappa shape index (κ3) is 3.94. The molecule has 0 spiro atoms. The van der Waals surface area contributed by atoms with Crippen LogP contribution in [0.3, 0.4) is 0 Å². The van der Waals surface area contributed by atoms with E-state index in [4.69, 9.17) is 11.6 Å². The summed E-state index contributed by atoms with van der Waals surface area (Å²) in [5.41, 5.74) is 0.537. The average Bonchev–Trinajstić information content (AvgIpc) is 2.79. The predicted octanol–water partition coefficient (Wildman–Crippen LogP) is 4.42. The summed E-state index contributed by atoms with van der Waals surface area (Å²) in [4.78, 5) is 12.7. The number of hydrogen-bond acceptors (Lipinski definition) is 2. The highest BCUT2D eigenvalue weighted by Gasteiger charge is 2.11. The van der Waals surface area contributed by atoms with E-state index < -0.39 is 0 Å². The Hall–Kier alpha value is -1.59. The number of hydrogen-bond donors (Lipinski definition) is 2. The van der Waals surface area contributed by atoms with Gasteiger partial charge in [-0.3, -0.25) is 0 Å². The number of amides is 2. The largest absolute Gasteiger partial charge is 0.331 e. The minimum atomic E-state index is -0.344. The van der Waals surface area contributed by atoms with Gasteiger partial charge in [0.15, 0.2) is 0 Å². The molecule has 1 heterocycles. The summed E-state index contributed by atoms with van der Waals surface area (Å²) >= 11 is 7.26. The highest BCUT2D eigenvalue weighted by molar-refractivity contribution is 7.16. The summed E-state index contributed by atoms with van der Waals surface area (Å²) in [6.45, 7) is 1.87. The van der Waals surface area contributed by atoms with Gasteiger partial charge in [0.05, 0.1) is 10.4 Å². The van der Waals surface area contributed by atoms with Gasteiger partial charge in [-0.1, -0.05) is 11.6 Å². The van der Waals surface area contributed by atoms with Crippen molar-refractivity contribution in [3.8, 4) is 0 Å². The maximum absolute atomic E-state index is 12.7. The van der Waals surface area contributed by atoms with Gasteiger partial charge in [0, 0.05) is 10.6 Å². The molecule has 0 saturated carbocycles. The lowest BCUT2D eigenvalue weighted by Gasteiger charge is -2.13. The molecule has 2 aromatic rings. The van der Waals surface area contributed by atoms with Gasteiger partial charge in [0.2, 0.25) is 0 Å². The van der Waals surface area contributed by atoms with Crippen molar-refractivity contribution in [3.63, 3.8) is 0 Å². The molecule has 19 heavy (non-hydrogen) atoms. The monoisotopic (exact) mass is 298 g/mol. The molecule has 0 bridgehead atoms. The predicted molar refractivity (Wildman–Crippen MR) is 76.3 cm³/mol. The molecule has 1 atom stereocenters. The maximum Gasteiger partial charge on any atom is 0.319 e. The molecule has 1 aromatic carbocycles. The summed E-state index contributed by atoms with van der Waals surface area (Å²) in [6, 6.07) is 8.76. The fourth-order valence-corrected chi connectivity index (χ4v) is 2.59. The highest BCUT2D eigenvalue weighted by atomic mass is 35.5. The van der Waals surface area contributed by atoms with Crippen LogP contribution >= 0.6 is 22.9 Å². The molecule has 1 aromatic heterocycles. The number of carbonyl (C=O) groups excluding carboxylic acids is 1. The van der Waals surface area contributed by atoms with E-state index in [0.717, 1.165) is 4.88 Å². The lowest BCUT2D eigenvalue weighted by molar-refractivity contribution is 0.249. The standard InChI is InChI=1S/C13H12ClFN2OS/c1-8(11-6-7-12(14)19-11)16-13(18)17-10-4-2-9(15)3-5-10/h2-8H,1H3,(H2,16,17,18)/t8-/m0/s1. The third-order valence-corrected chi connectivity index (χ3v) is 3.88. The number of thiophene rings is 1. The van der Waals surface area contributed by atoms with Crippen molar-refractivity contribution < 1.29 is 9.18 Å². The van der Waals surface area contributed by atoms with Crippen LogP contribution in [0.25, 0.3) is 0 Å². The number of halogens is 2. The maximum atomic E-state index is 12.7. The first kappa shape index (κ1) is 13.8. The van der Waals surface area contributed by atoms with Gasteiger partial charge in [0.1, 0.15) is 5.82 Å². The van der Waals surface area contributed by atoms with Crippen LogP contribution in [0.1, 0.15) is 17.8 Å². The summed E-state index contributed by atoms with van der Waals surface area (Å²) < 4.78 is 13.4. The van der Waals surface area contributed by atoms with Gasteiger partial charge in [-0.25, -0.2) is 9.18 Å². The molecule has 0 saturated heterocycles. The average molecular weight is 299 g/mol. The number of rotatable bonds is 3. The smallest absolute Gasteiger partial charge is 0.319 e. The molecule has 0 aliphatic heterocycles. The number of urea groups is 1. The highest BCUT2D eigenvalue weighted by Crippen LogP contribution is 2.26. The van der Waals surface area contributed by atoms with E-state index in [1.54, 1.807) is 6.07 Å². The molecule has 0 fully saturated rings. The van der Waals surface area contributed by atoms with E-state index in [9.17, 15) is 9.18 Å². The van der Waals surface area contributed by atoms with Crippen molar-refractivity contribution in [2.75, 3.05) is 5.32 Å². The quantitative estimate of drug-likeness (QED) is 0.865. The molecule has 0 unspecified atom stereocenters. The Kier molecular flexibility index (Phi) is 4.39. The van der Waals surface area contributed by atoms with Gasteiger partial charge in [-0.2, -0.15) is 0 Å². The SMILES string of the molecule is C[C@H](NC(=O)Nc1ccc(F)cc1)c1ccc(Cl)s1. The van der Waals surface area contributed by atoms with E-state index in [0.29, 0.717) is 10.0 Å². The lowest BCUT2D eigenvalue weighted by atomic mass is 10.3. The van der Waals surface area contributed by atoms with Gasteiger partial charge in [-0.15, -0.1) is 11.3 Å². The van der Waals surface area contributed by atoms with Crippen molar-refractivity contribution in [1.82, 2.24) is 5.32 Å². The number of nitrogens with one attached hydrogen (secondary N) is 2. The summed E-state index contributed by atoms with van der Waals surface area (Å²) in [6.07, 6.45) is 0. The van der Waals surface area contributed by atoms with Crippen molar-refractivity contribution in [3.05, 3.63) is 51.4 Å². The first-order valence-electron chi connectivity index (χ1n) is 5.63. The minimum Gasteiger partial charge on any atom is -0.331 e. The van der Waals surface area contributed by atoms with E-state index in [1.165, 1.54) is 35.6 Å². The molecule has 0 aliphatic rings. The Morgan fingerprint density at radius 2 is 1.95 bits per heavy atom. The lowest BCUT2D eigenvalue weighted by Crippen LogP contribution is -2.30. The summed E-state index contributed by atoms with van der Waals surface area (Å²) in [5, 5.41) is 5.41. The zero-order valence-corrected chi connectivity index (χ0v) is 11.7. The third-order valence-electron chi connectivity index (χ3n) is 2.47. The Morgan fingerprint density at radius 1 is 1.26 bits per heavy atom. The van der Waals surface area contributed by atoms with E-state index in [1.807, 2.05) is 13.0 Å². The zero-order valence-electron chi connectivity index (χ0n) is 10.1. The molecule has 6 heteroatoms. The topological polar surface area (TPSA) is 41.1 Å². The molecular weight excluding hydrogens is 287 g/mol. The molecule has 3 nitrogen and oxygen atoms in total. The Bertz CT molecular complexity index is 570. The van der Waals surface area contributed by atoms with Gasteiger partial charge in [-0.05, 0) is 43.3 Å². The van der Waals surface area contributed by atoms with Gasteiger partial charge >= 0.3 is 6.03 Å². The van der Waals surface area contributed by atoms with Crippen LogP contribution in [-0.4, -0.2) is 6.03 Å². The summed E-state index contributed by atoms with van der Waals surface area (Å²) in [5.74, 6) is -0.340. The van der Waals surface area contributed by atoms with Crippen molar-refractivity contribution in [2.24, 2.45) is 0 Å². The van der Waals surface area contributed by atoms with Crippen molar-refractivity contribution in [1.29, 1.82) is 0 Å². The van der Waals surface area contributed by atoms with Crippen LogP contribution in [-0.2, 0) is 0 Å². The molecule has 100 valence electrons. The molecule has 2 amide bonds. The molecule has 0 aliphatic carbocycles. The Morgan fingerprint density at radius 3 is 2.53 bits per heavy atom. The van der Waals surface area contributed by atoms with Gasteiger partial charge in [0.25, 0.3) is 0 Å². The second-order valence-electron chi connectivity index (χ2n) is 3.97. The number of benzene rings is 1. The first-order valence-corrected chi connectivity index (χ1v) is 6.82. The van der Waals surface area contributed by atoms with Crippen LogP contribution in [0.15, 0.2) is 36.4 Å². The summed E-state index contributed by atoms with van der Waals surface area (Å²) in [7, 11) is 0. The van der Waals surface area contributed by atoms with Gasteiger partial charge < -0.3 is 10.6 Å². The minimum absolute atomic E-state index is 0.141. The number of anilines is 1.